The molecule has 0 atom stereocenters. The summed E-state index contributed by atoms with van der Waals surface area (Å²) >= 11 is 6.01. The minimum atomic E-state index is -0.0153. The van der Waals surface area contributed by atoms with E-state index in [4.69, 9.17) is 16.3 Å². The number of carbonyl (C=O) groups excluding carboxylic acids is 1. The molecule has 0 unspecified atom stereocenters. The van der Waals surface area contributed by atoms with Gasteiger partial charge >= 0.3 is 0 Å². The number of benzene rings is 1. The van der Waals surface area contributed by atoms with Gasteiger partial charge in [-0.3, -0.25) is 4.79 Å². The summed E-state index contributed by atoms with van der Waals surface area (Å²) in [5.41, 5.74) is 4.23. The van der Waals surface area contributed by atoms with Crippen LogP contribution >= 0.6 is 11.6 Å². The third kappa shape index (κ3) is 3.69. The van der Waals surface area contributed by atoms with Crippen LogP contribution in [0.15, 0.2) is 48.8 Å². The number of pyridine rings is 1. The summed E-state index contributed by atoms with van der Waals surface area (Å²) in [6.45, 7) is 3.21. The second-order valence-corrected chi connectivity index (χ2v) is 7.03. The first-order chi connectivity index (χ1) is 13.1. The molecule has 27 heavy (non-hydrogen) atoms. The van der Waals surface area contributed by atoms with Gasteiger partial charge in [-0.15, -0.1) is 0 Å². The Bertz CT molecular complexity index is 1030. The highest BCUT2D eigenvalue weighted by molar-refractivity contribution is 6.31. The van der Waals surface area contributed by atoms with Gasteiger partial charge in [-0.05, 0) is 54.8 Å². The molecule has 0 saturated carbocycles. The van der Waals surface area contributed by atoms with Crippen molar-refractivity contribution in [3.8, 4) is 5.75 Å². The molecule has 0 aliphatic carbocycles. The van der Waals surface area contributed by atoms with Gasteiger partial charge in [0.05, 0.1) is 0 Å². The molecule has 0 fully saturated rings. The number of nitrogens with zero attached hydrogens (tertiary/aromatic N) is 2. The van der Waals surface area contributed by atoms with Crippen LogP contribution in [0.25, 0.3) is 16.6 Å². The highest BCUT2D eigenvalue weighted by Crippen LogP contribution is 2.28. The van der Waals surface area contributed by atoms with Gasteiger partial charge in [0, 0.05) is 41.5 Å². The molecular weight excluding hydrogens is 362 g/mol. The van der Waals surface area contributed by atoms with Gasteiger partial charge in [-0.25, -0.2) is 4.98 Å². The molecular formula is C21H20ClN3O2. The number of rotatable bonds is 4. The fraction of sp³-hybridized carbons (Fsp3) is 0.238. The first-order valence-electron chi connectivity index (χ1n) is 8.90. The zero-order chi connectivity index (χ0) is 18.8. The maximum absolute atomic E-state index is 12.5. The van der Waals surface area contributed by atoms with Crippen molar-refractivity contribution in [1.82, 2.24) is 14.9 Å². The average molecular weight is 382 g/mol. The summed E-state index contributed by atoms with van der Waals surface area (Å²) in [7, 11) is 0. The molecule has 3 aromatic rings. The van der Waals surface area contributed by atoms with E-state index in [1.807, 2.05) is 30.2 Å². The number of H-pyrrole nitrogens is 1. The summed E-state index contributed by atoms with van der Waals surface area (Å²) in [6, 6.07) is 9.41. The molecule has 138 valence electrons. The number of fused-ring (bicyclic) bond motifs is 1. The lowest BCUT2D eigenvalue weighted by atomic mass is 9.99. The van der Waals surface area contributed by atoms with E-state index in [0.29, 0.717) is 23.9 Å². The van der Waals surface area contributed by atoms with Gasteiger partial charge in [0.25, 0.3) is 5.91 Å². The number of carbonyl (C=O) groups is 1. The topological polar surface area (TPSA) is 58.2 Å². The van der Waals surface area contributed by atoms with Crippen LogP contribution in [0.1, 0.15) is 17.5 Å². The molecule has 0 saturated heterocycles. The van der Waals surface area contributed by atoms with Crippen LogP contribution in [0.3, 0.4) is 0 Å². The number of hydrogen-bond donors (Lipinski definition) is 1. The van der Waals surface area contributed by atoms with Gasteiger partial charge in [-0.2, -0.15) is 0 Å². The molecule has 1 aliphatic heterocycles. The normalized spacial score (nSPS) is 14.3. The quantitative estimate of drug-likeness (QED) is 0.736. The van der Waals surface area contributed by atoms with Crippen molar-refractivity contribution >= 4 is 34.1 Å². The number of aromatic nitrogens is 2. The molecule has 0 bridgehead atoms. The molecule has 4 rings (SSSR count). The van der Waals surface area contributed by atoms with Crippen molar-refractivity contribution in [2.24, 2.45) is 0 Å². The van der Waals surface area contributed by atoms with Crippen LogP contribution in [0, 0.1) is 6.92 Å². The highest BCUT2D eigenvalue weighted by atomic mass is 35.5. The fourth-order valence-corrected chi connectivity index (χ4v) is 3.42. The van der Waals surface area contributed by atoms with Gasteiger partial charge in [0.2, 0.25) is 0 Å². The van der Waals surface area contributed by atoms with E-state index < -0.39 is 0 Å². The summed E-state index contributed by atoms with van der Waals surface area (Å²) in [4.78, 5) is 21.8. The predicted octanol–water partition coefficient (Wildman–Crippen LogP) is 4.22. The van der Waals surface area contributed by atoms with Crippen molar-refractivity contribution in [3.63, 3.8) is 0 Å². The molecule has 6 heteroatoms. The van der Waals surface area contributed by atoms with E-state index in [0.717, 1.165) is 28.6 Å². The Morgan fingerprint density at radius 2 is 2.26 bits per heavy atom. The number of nitrogens with one attached hydrogen (secondary N) is 1. The van der Waals surface area contributed by atoms with E-state index in [1.165, 1.54) is 5.57 Å². The number of hydrogen-bond acceptors (Lipinski definition) is 3. The zero-order valence-corrected chi connectivity index (χ0v) is 15.8. The van der Waals surface area contributed by atoms with Crippen molar-refractivity contribution in [3.05, 3.63) is 65.0 Å². The van der Waals surface area contributed by atoms with E-state index in [-0.39, 0.29) is 12.5 Å². The lowest BCUT2D eigenvalue weighted by Crippen LogP contribution is -2.37. The zero-order valence-electron chi connectivity index (χ0n) is 15.0. The van der Waals surface area contributed by atoms with Crippen molar-refractivity contribution in [1.29, 1.82) is 0 Å². The fourth-order valence-electron chi connectivity index (χ4n) is 3.31. The molecule has 1 aliphatic rings. The highest BCUT2D eigenvalue weighted by Gasteiger charge is 2.20. The van der Waals surface area contributed by atoms with Gasteiger partial charge in [0.15, 0.2) is 6.61 Å². The van der Waals surface area contributed by atoms with Gasteiger partial charge in [-0.1, -0.05) is 17.7 Å². The van der Waals surface area contributed by atoms with E-state index >= 15 is 0 Å². The minimum Gasteiger partial charge on any atom is -0.484 e. The Morgan fingerprint density at radius 1 is 1.37 bits per heavy atom. The molecule has 0 radical (unpaired) electrons. The van der Waals surface area contributed by atoms with Crippen molar-refractivity contribution < 1.29 is 9.53 Å². The smallest absolute Gasteiger partial charge is 0.260 e. The Kier molecular flexibility index (Phi) is 4.86. The monoisotopic (exact) mass is 381 g/mol. The second kappa shape index (κ2) is 7.45. The van der Waals surface area contributed by atoms with Crippen molar-refractivity contribution in [2.75, 3.05) is 19.7 Å². The van der Waals surface area contributed by atoms with Gasteiger partial charge < -0.3 is 14.6 Å². The summed E-state index contributed by atoms with van der Waals surface area (Å²) < 4.78 is 5.63. The van der Waals surface area contributed by atoms with Crippen LogP contribution in [-0.2, 0) is 4.79 Å². The Morgan fingerprint density at radius 3 is 3.04 bits per heavy atom. The van der Waals surface area contributed by atoms with Crippen molar-refractivity contribution in [2.45, 2.75) is 13.3 Å². The first-order valence-corrected chi connectivity index (χ1v) is 9.28. The molecule has 1 N–H and O–H groups in total. The van der Waals surface area contributed by atoms with Gasteiger partial charge in [0.1, 0.15) is 11.4 Å². The maximum atomic E-state index is 12.5. The second-order valence-electron chi connectivity index (χ2n) is 6.62. The van der Waals surface area contributed by atoms with Crippen LogP contribution in [0.2, 0.25) is 5.02 Å². The van der Waals surface area contributed by atoms with E-state index in [9.17, 15) is 4.79 Å². The molecule has 2 aromatic heterocycles. The number of ether oxygens (including phenoxy) is 1. The standard InChI is InChI=1S/C21H20ClN3O2/c1-14-11-16(4-5-19(14)22)27-13-20(26)25-9-6-15(7-10-25)18-12-24-21-17(18)3-2-8-23-21/h2-6,8,11-12H,7,9-10,13H2,1H3,(H,23,24). The van der Waals surface area contributed by atoms with E-state index in [1.54, 1.807) is 18.3 Å². The van der Waals surface area contributed by atoms with Crippen LogP contribution < -0.4 is 4.74 Å². The summed E-state index contributed by atoms with van der Waals surface area (Å²) in [5, 5.41) is 1.81. The molecule has 0 spiro atoms. The third-order valence-corrected chi connectivity index (χ3v) is 5.27. The Labute approximate surface area is 162 Å². The molecule has 5 nitrogen and oxygen atoms in total. The minimum absolute atomic E-state index is 0.0153. The summed E-state index contributed by atoms with van der Waals surface area (Å²) in [5.74, 6) is 0.642. The van der Waals surface area contributed by atoms with Crippen LogP contribution in [0.4, 0.5) is 0 Å². The Hall–Kier alpha value is -2.79. The first kappa shape index (κ1) is 17.6. The lowest BCUT2D eigenvalue weighted by molar-refractivity contribution is -0.132. The number of halogens is 1. The molecule has 1 aromatic carbocycles. The third-order valence-electron chi connectivity index (χ3n) is 4.85. The molecule has 3 heterocycles. The van der Waals surface area contributed by atoms with Crippen LogP contribution in [-0.4, -0.2) is 40.5 Å². The molecule has 1 amide bonds. The maximum Gasteiger partial charge on any atom is 0.260 e. The van der Waals surface area contributed by atoms with E-state index in [2.05, 4.69) is 22.1 Å². The number of amides is 1. The number of aromatic amines is 1. The Balaban J connectivity index is 1.39. The largest absolute Gasteiger partial charge is 0.484 e. The average Bonchev–Trinajstić information content (AvgIpc) is 3.13. The lowest BCUT2D eigenvalue weighted by Gasteiger charge is -2.26. The number of aryl methyl sites for hydroxylation is 1. The van der Waals surface area contributed by atoms with Crippen LogP contribution in [0.5, 0.6) is 5.75 Å². The predicted molar refractivity (Wildman–Crippen MR) is 107 cm³/mol. The summed E-state index contributed by atoms with van der Waals surface area (Å²) in [6.07, 6.45) is 6.70. The SMILES string of the molecule is Cc1cc(OCC(=O)N2CC=C(c3c[nH]c4ncccc34)CC2)ccc1Cl.